The Balaban J connectivity index is 0.00000272. The number of benzene rings is 2. The summed E-state index contributed by atoms with van der Waals surface area (Å²) in [5.41, 5.74) is 4.95. The number of fused-ring (bicyclic) bond motifs is 1. The fourth-order valence-corrected chi connectivity index (χ4v) is 4.54. The number of rotatable bonds is 7. The van der Waals surface area contributed by atoms with Gasteiger partial charge in [-0.2, -0.15) is 9.64 Å². The van der Waals surface area contributed by atoms with Gasteiger partial charge in [-0.1, -0.05) is 18.2 Å². The van der Waals surface area contributed by atoms with Crippen LogP contribution < -0.4 is 10.1 Å². The van der Waals surface area contributed by atoms with E-state index in [9.17, 15) is 5.26 Å². The lowest BCUT2D eigenvalue weighted by Crippen LogP contribution is -2.22. The highest BCUT2D eigenvalue weighted by Crippen LogP contribution is 2.38. The number of aliphatic hydroxyl groups excluding tert-OH is 1. The molecule has 3 aromatic rings. The maximum atomic E-state index is 9.49. The lowest BCUT2D eigenvalue weighted by Gasteiger charge is -2.13. The second-order valence-corrected chi connectivity index (χ2v) is 8.31. The van der Waals surface area contributed by atoms with Crippen molar-refractivity contribution in [2.45, 2.75) is 38.8 Å². The fourth-order valence-electron chi connectivity index (χ4n) is 3.87. The van der Waals surface area contributed by atoms with E-state index in [1.54, 1.807) is 0 Å². The number of aromatic nitrogens is 2. The van der Waals surface area contributed by atoms with Crippen LogP contribution in [-0.2, 0) is 6.42 Å². The van der Waals surface area contributed by atoms with Gasteiger partial charge < -0.3 is 15.2 Å². The van der Waals surface area contributed by atoms with Gasteiger partial charge in [0.05, 0.1) is 18.3 Å². The van der Waals surface area contributed by atoms with E-state index in [0.717, 1.165) is 34.8 Å². The third-order valence-electron chi connectivity index (χ3n) is 5.15. The van der Waals surface area contributed by atoms with E-state index in [-0.39, 0.29) is 31.2 Å². The molecule has 0 bridgehead atoms. The quantitative estimate of drug-likeness (QED) is 0.543. The van der Waals surface area contributed by atoms with Gasteiger partial charge in [-0.05, 0) is 67.5 Å². The number of nitrogens with one attached hydrogen (secondary N) is 1. The summed E-state index contributed by atoms with van der Waals surface area (Å²) in [5, 5.41) is 22.8. The van der Waals surface area contributed by atoms with E-state index < -0.39 is 0 Å². The van der Waals surface area contributed by atoms with E-state index >= 15 is 0 Å². The number of hydrogen-bond acceptors (Lipinski definition) is 7. The van der Waals surface area contributed by atoms with Gasteiger partial charge in [0, 0.05) is 23.7 Å². The number of nitrogens with zero attached hydrogens (tertiary/aromatic N) is 3. The first-order chi connectivity index (χ1) is 14.6. The Labute approximate surface area is 192 Å². The average molecular weight is 457 g/mol. The molecule has 1 aliphatic carbocycles. The molecule has 4 rings (SSSR count). The van der Waals surface area contributed by atoms with Crippen molar-refractivity contribution in [3.63, 3.8) is 0 Å². The third kappa shape index (κ3) is 4.89. The van der Waals surface area contributed by atoms with Crippen LogP contribution in [0.25, 0.3) is 22.0 Å². The maximum absolute atomic E-state index is 9.49. The summed E-state index contributed by atoms with van der Waals surface area (Å²) in [6.07, 6.45) is 1.97. The molecule has 162 valence electrons. The van der Waals surface area contributed by atoms with Gasteiger partial charge in [-0.25, -0.2) is 4.98 Å². The van der Waals surface area contributed by atoms with E-state index in [1.165, 1.54) is 22.7 Å². The van der Waals surface area contributed by atoms with Gasteiger partial charge in [0.15, 0.2) is 5.82 Å². The van der Waals surface area contributed by atoms with Gasteiger partial charge >= 0.3 is 0 Å². The Morgan fingerprint density at radius 3 is 2.90 bits per heavy atom. The molecule has 0 aliphatic heterocycles. The molecule has 1 aromatic heterocycles. The van der Waals surface area contributed by atoms with Crippen LogP contribution in [0.3, 0.4) is 0 Å². The van der Waals surface area contributed by atoms with Crippen LogP contribution in [0.15, 0.2) is 36.4 Å². The molecular formula is C23H25ClN4O2S. The summed E-state index contributed by atoms with van der Waals surface area (Å²) in [5.74, 6) is 1.30. The van der Waals surface area contributed by atoms with Crippen molar-refractivity contribution in [1.29, 1.82) is 5.26 Å². The molecule has 0 spiro atoms. The zero-order valence-electron chi connectivity index (χ0n) is 17.5. The minimum atomic E-state index is 0. The molecule has 0 unspecified atom stereocenters. The average Bonchev–Trinajstić information content (AvgIpc) is 3.39. The molecule has 0 saturated carbocycles. The number of nitriles is 1. The minimum Gasteiger partial charge on any atom is -0.490 e. The van der Waals surface area contributed by atoms with Gasteiger partial charge in [0.1, 0.15) is 16.8 Å². The molecular weight excluding hydrogens is 432 g/mol. The summed E-state index contributed by atoms with van der Waals surface area (Å²) in [4.78, 5) is 4.78. The van der Waals surface area contributed by atoms with Crippen molar-refractivity contribution in [2.75, 3.05) is 13.2 Å². The first-order valence-corrected chi connectivity index (χ1v) is 10.9. The second kappa shape index (κ2) is 10.2. The minimum absolute atomic E-state index is 0. The van der Waals surface area contributed by atoms with E-state index in [4.69, 9.17) is 14.8 Å². The standard InChI is InChI=1S/C23H24N4O2S.ClH/c1-14(2)29-21-9-6-15(12-16(21)13-24)23-26-22(27-30-23)19-5-3-4-18-17(19)7-8-20(18)25-10-11-28;/h3-6,9,12,14,20,25,28H,7-8,10-11H2,1-2H3;1H/t20-;/m1./s1. The van der Waals surface area contributed by atoms with Gasteiger partial charge in [0.2, 0.25) is 0 Å². The maximum Gasteiger partial charge on any atom is 0.173 e. The predicted molar refractivity (Wildman–Crippen MR) is 125 cm³/mol. The first kappa shape index (κ1) is 23.2. The fraction of sp³-hybridized carbons (Fsp3) is 0.348. The van der Waals surface area contributed by atoms with Crippen LogP contribution in [0.2, 0.25) is 0 Å². The van der Waals surface area contributed by atoms with Crippen molar-refractivity contribution >= 4 is 23.9 Å². The highest BCUT2D eigenvalue weighted by atomic mass is 35.5. The Hall–Kier alpha value is -2.50. The number of halogens is 1. The van der Waals surface area contributed by atoms with Gasteiger partial charge in [-0.3, -0.25) is 0 Å². The normalized spacial score (nSPS) is 14.7. The molecule has 0 saturated heterocycles. The molecule has 1 atom stereocenters. The van der Waals surface area contributed by atoms with Crippen molar-refractivity contribution in [3.05, 3.63) is 53.1 Å². The topological polar surface area (TPSA) is 91.1 Å². The van der Waals surface area contributed by atoms with Crippen molar-refractivity contribution in [2.24, 2.45) is 0 Å². The second-order valence-electron chi connectivity index (χ2n) is 7.55. The summed E-state index contributed by atoms with van der Waals surface area (Å²) in [6, 6.07) is 14.3. The Bertz CT molecular complexity index is 1090. The van der Waals surface area contributed by atoms with E-state index in [1.807, 2.05) is 38.1 Å². The number of aliphatic hydroxyl groups is 1. The molecule has 8 heteroatoms. The lowest BCUT2D eigenvalue weighted by atomic mass is 10.0. The molecule has 1 heterocycles. The molecule has 0 amide bonds. The summed E-state index contributed by atoms with van der Waals surface area (Å²) >= 11 is 1.34. The number of ether oxygens (including phenoxy) is 1. The molecule has 6 nitrogen and oxygen atoms in total. The number of hydrogen-bond donors (Lipinski definition) is 2. The predicted octanol–water partition coefficient (Wildman–Crippen LogP) is 4.52. The van der Waals surface area contributed by atoms with Crippen molar-refractivity contribution in [1.82, 2.24) is 14.7 Å². The van der Waals surface area contributed by atoms with E-state index in [2.05, 4.69) is 27.9 Å². The van der Waals surface area contributed by atoms with Crippen molar-refractivity contribution in [3.8, 4) is 33.8 Å². The first-order valence-electron chi connectivity index (χ1n) is 10.1. The van der Waals surface area contributed by atoms with Crippen LogP contribution in [0, 0.1) is 11.3 Å². The summed E-state index contributed by atoms with van der Waals surface area (Å²) < 4.78 is 10.3. The van der Waals surface area contributed by atoms with Crippen LogP contribution >= 0.6 is 23.9 Å². The zero-order chi connectivity index (χ0) is 21.1. The highest BCUT2D eigenvalue weighted by Gasteiger charge is 2.25. The van der Waals surface area contributed by atoms with Crippen LogP contribution in [-0.4, -0.2) is 33.7 Å². The molecule has 0 radical (unpaired) electrons. The Morgan fingerprint density at radius 1 is 1.32 bits per heavy atom. The van der Waals surface area contributed by atoms with Gasteiger partial charge in [0.25, 0.3) is 0 Å². The smallest absolute Gasteiger partial charge is 0.173 e. The Morgan fingerprint density at radius 2 is 2.16 bits per heavy atom. The molecule has 2 N–H and O–H groups in total. The summed E-state index contributed by atoms with van der Waals surface area (Å²) in [6.45, 7) is 4.60. The molecule has 31 heavy (non-hydrogen) atoms. The van der Waals surface area contributed by atoms with E-state index in [0.29, 0.717) is 17.9 Å². The monoisotopic (exact) mass is 456 g/mol. The molecule has 2 aromatic carbocycles. The largest absolute Gasteiger partial charge is 0.490 e. The van der Waals surface area contributed by atoms with Crippen molar-refractivity contribution < 1.29 is 9.84 Å². The lowest BCUT2D eigenvalue weighted by molar-refractivity contribution is 0.242. The molecule has 0 fully saturated rings. The van der Waals surface area contributed by atoms with Crippen LogP contribution in [0.4, 0.5) is 0 Å². The van der Waals surface area contributed by atoms with Gasteiger partial charge in [-0.15, -0.1) is 12.4 Å². The molecule has 1 aliphatic rings. The zero-order valence-corrected chi connectivity index (χ0v) is 19.1. The van der Waals surface area contributed by atoms with Crippen LogP contribution in [0.1, 0.15) is 43.0 Å². The van der Waals surface area contributed by atoms with Crippen LogP contribution in [0.5, 0.6) is 5.75 Å². The summed E-state index contributed by atoms with van der Waals surface area (Å²) in [7, 11) is 0. The SMILES string of the molecule is CC(C)Oc1ccc(-c2nc(-c3cccc4c3CC[C@H]4NCCO)ns2)cc1C#N.Cl. The third-order valence-corrected chi connectivity index (χ3v) is 5.91. The highest BCUT2D eigenvalue weighted by molar-refractivity contribution is 7.09. The Kier molecular flexibility index (Phi) is 7.63.